The number of hydrogen-bond acceptors (Lipinski definition) is 4. The highest BCUT2D eigenvalue weighted by atomic mass is 32.2. The number of aromatic nitrogens is 1. The smallest absolute Gasteiger partial charge is 0.296 e. The van der Waals surface area contributed by atoms with Crippen molar-refractivity contribution in [2.45, 2.75) is 11.8 Å². The summed E-state index contributed by atoms with van der Waals surface area (Å²) in [6, 6.07) is 3.89. The standard InChI is InChI=1S/C10H10N2O4S/c1-5-2-10(13)12-8-4-7(11)9(3-6(5)8)17(14,15)16/h2-4H,11H2,1H3,(H,12,13)(H,14,15,16). The van der Waals surface area contributed by atoms with Gasteiger partial charge in [0, 0.05) is 11.5 Å². The van der Waals surface area contributed by atoms with Gasteiger partial charge >= 0.3 is 0 Å². The molecule has 1 aromatic heterocycles. The molecule has 0 spiro atoms. The molecule has 0 fully saturated rings. The van der Waals surface area contributed by atoms with E-state index in [1.807, 2.05) is 0 Å². The van der Waals surface area contributed by atoms with Crippen molar-refractivity contribution in [2.75, 3.05) is 5.73 Å². The maximum atomic E-state index is 11.2. The number of nitrogen functional groups attached to an aromatic ring is 1. The van der Waals surface area contributed by atoms with Crippen molar-refractivity contribution in [3.63, 3.8) is 0 Å². The molecule has 1 aromatic carbocycles. The van der Waals surface area contributed by atoms with Crippen LogP contribution < -0.4 is 11.3 Å². The number of H-pyrrole nitrogens is 1. The molecule has 4 N–H and O–H groups in total. The second kappa shape index (κ2) is 3.57. The molecule has 1 heterocycles. The van der Waals surface area contributed by atoms with Crippen molar-refractivity contribution in [1.29, 1.82) is 0 Å². The molecule has 0 unspecified atom stereocenters. The maximum Gasteiger partial charge on any atom is 0.296 e. The molecule has 90 valence electrons. The normalized spacial score (nSPS) is 11.9. The van der Waals surface area contributed by atoms with Crippen molar-refractivity contribution in [1.82, 2.24) is 4.98 Å². The molecular formula is C10H10N2O4S. The zero-order valence-electron chi connectivity index (χ0n) is 8.89. The second-order valence-corrected chi connectivity index (χ2v) is 5.12. The molecule has 7 heteroatoms. The number of hydrogen-bond donors (Lipinski definition) is 3. The minimum atomic E-state index is -4.37. The molecule has 0 atom stereocenters. The summed E-state index contributed by atoms with van der Waals surface area (Å²) in [6.07, 6.45) is 0. The van der Waals surface area contributed by atoms with E-state index in [0.29, 0.717) is 16.5 Å². The number of nitrogens with one attached hydrogen (secondary N) is 1. The summed E-state index contributed by atoms with van der Waals surface area (Å²) in [5.74, 6) is 0. The fourth-order valence-electron chi connectivity index (χ4n) is 1.69. The summed E-state index contributed by atoms with van der Waals surface area (Å²) in [6.45, 7) is 1.67. The predicted molar refractivity (Wildman–Crippen MR) is 63.5 cm³/mol. The third-order valence-electron chi connectivity index (χ3n) is 2.46. The molecule has 0 saturated heterocycles. The largest absolute Gasteiger partial charge is 0.398 e. The number of rotatable bonds is 1. The molecule has 0 bridgehead atoms. The maximum absolute atomic E-state index is 11.2. The first kappa shape index (κ1) is 11.6. The lowest BCUT2D eigenvalue weighted by atomic mass is 10.1. The lowest BCUT2D eigenvalue weighted by Gasteiger charge is -2.06. The first-order valence-corrected chi connectivity index (χ1v) is 6.13. The van der Waals surface area contributed by atoms with E-state index in [-0.39, 0.29) is 16.1 Å². The molecule has 0 aliphatic heterocycles. The summed E-state index contributed by atoms with van der Waals surface area (Å²) >= 11 is 0. The van der Waals surface area contributed by atoms with Crippen LogP contribution in [0.5, 0.6) is 0 Å². The van der Waals surface area contributed by atoms with Crippen molar-refractivity contribution >= 4 is 26.7 Å². The topological polar surface area (TPSA) is 113 Å². The van der Waals surface area contributed by atoms with Crippen molar-refractivity contribution in [3.8, 4) is 0 Å². The van der Waals surface area contributed by atoms with Gasteiger partial charge in [0.05, 0.1) is 11.2 Å². The molecule has 0 aliphatic rings. The van der Waals surface area contributed by atoms with E-state index in [2.05, 4.69) is 4.98 Å². The first-order valence-electron chi connectivity index (χ1n) is 4.69. The number of benzene rings is 1. The Bertz CT molecular complexity index is 762. The Labute approximate surface area is 96.8 Å². The van der Waals surface area contributed by atoms with Gasteiger partial charge in [0.2, 0.25) is 5.56 Å². The van der Waals surface area contributed by atoms with Gasteiger partial charge in [0.25, 0.3) is 10.1 Å². The van der Waals surface area contributed by atoms with Crippen LogP contribution >= 0.6 is 0 Å². The molecule has 6 nitrogen and oxygen atoms in total. The number of aromatic amines is 1. The lowest BCUT2D eigenvalue weighted by Crippen LogP contribution is -2.08. The zero-order valence-corrected chi connectivity index (χ0v) is 9.71. The van der Waals surface area contributed by atoms with Crippen LogP contribution in [0.3, 0.4) is 0 Å². The van der Waals surface area contributed by atoms with Crippen LogP contribution in [0.1, 0.15) is 5.56 Å². The van der Waals surface area contributed by atoms with Gasteiger partial charge in [-0.3, -0.25) is 9.35 Å². The fourth-order valence-corrected chi connectivity index (χ4v) is 2.32. The fraction of sp³-hybridized carbons (Fsp3) is 0.100. The predicted octanol–water partition coefficient (Wildman–Crippen LogP) is 0.665. The Morgan fingerprint density at radius 1 is 1.29 bits per heavy atom. The van der Waals surface area contributed by atoms with E-state index < -0.39 is 10.1 Å². The molecular weight excluding hydrogens is 244 g/mol. The summed E-state index contributed by atoms with van der Waals surface area (Å²) in [4.78, 5) is 13.4. The molecule has 2 rings (SSSR count). The van der Waals surface area contributed by atoms with Crippen molar-refractivity contribution < 1.29 is 13.0 Å². The summed E-state index contributed by atoms with van der Waals surface area (Å²) in [7, 11) is -4.37. The minimum Gasteiger partial charge on any atom is -0.398 e. The van der Waals surface area contributed by atoms with Gasteiger partial charge in [-0.15, -0.1) is 0 Å². The highest BCUT2D eigenvalue weighted by Gasteiger charge is 2.15. The Morgan fingerprint density at radius 2 is 1.94 bits per heavy atom. The Hall–Kier alpha value is -1.86. The van der Waals surface area contributed by atoms with Gasteiger partial charge in [-0.2, -0.15) is 8.42 Å². The van der Waals surface area contributed by atoms with Gasteiger partial charge in [-0.05, 0) is 24.6 Å². The van der Waals surface area contributed by atoms with Crippen molar-refractivity contribution in [3.05, 3.63) is 34.1 Å². The Kier molecular flexibility index (Phi) is 2.44. The number of aryl methyl sites for hydroxylation is 1. The molecule has 17 heavy (non-hydrogen) atoms. The quantitative estimate of drug-likeness (QED) is 0.511. The van der Waals surface area contributed by atoms with Gasteiger partial charge in [0.15, 0.2) is 0 Å². The van der Waals surface area contributed by atoms with Gasteiger partial charge < -0.3 is 10.7 Å². The van der Waals surface area contributed by atoms with E-state index in [4.69, 9.17) is 10.3 Å². The summed E-state index contributed by atoms with van der Waals surface area (Å²) in [5, 5.41) is 0.520. The van der Waals surface area contributed by atoms with E-state index in [9.17, 15) is 13.2 Å². The molecule has 0 radical (unpaired) electrons. The minimum absolute atomic E-state index is 0.110. The van der Waals surface area contributed by atoms with Crippen LogP contribution in [0.15, 0.2) is 27.9 Å². The van der Waals surface area contributed by atoms with Gasteiger partial charge in [-0.25, -0.2) is 0 Å². The summed E-state index contributed by atoms with van der Waals surface area (Å²) < 4.78 is 31.2. The Balaban J connectivity index is 2.96. The average molecular weight is 254 g/mol. The lowest BCUT2D eigenvalue weighted by molar-refractivity contribution is 0.484. The monoisotopic (exact) mass is 254 g/mol. The first-order chi connectivity index (χ1) is 7.79. The summed E-state index contributed by atoms with van der Waals surface area (Å²) in [5.41, 5.74) is 6.14. The van der Waals surface area contributed by atoms with Crippen LogP contribution in [0.4, 0.5) is 5.69 Å². The van der Waals surface area contributed by atoms with Crippen LogP contribution in [0, 0.1) is 6.92 Å². The third-order valence-corrected chi connectivity index (χ3v) is 3.37. The highest BCUT2D eigenvalue weighted by Crippen LogP contribution is 2.25. The molecule has 0 aliphatic carbocycles. The zero-order chi connectivity index (χ0) is 12.8. The van der Waals surface area contributed by atoms with Crippen LogP contribution in [-0.2, 0) is 10.1 Å². The van der Waals surface area contributed by atoms with Crippen LogP contribution in [-0.4, -0.2) is 18.0 Å². The van der Waals surface area contributed by atoms with Gasteiger partial charge in [0.1, 0.15) is 4.90 Å². The van der Waals surface area contributed by atoms with Crippen LogP contribution in [0.2, 0.25) is 0 Å². The molecule has 0 amide bonds. The number of pyridine rings is 1. The molecule has 0 saturated carbocycles. The number of anilines is 1. The van der Waals surface area contributed by atoms with E-state index in [0.717, 1.165) is 0 Å². The van der Waals surface area contributed by atoms with E-state index in [1.54, 1.807) is 6.92 Å². The average Bonchev–Trinajstić information content (AvgIpc) is 2.13. The van der Waals surface area contributed by atoms with Crippen LogP contribution in [0.25, 0.3) is 10.9 Å². The Morgan fingerprint density at radius 3 is 2.53 bits per heavy atom. The van der Waals surface area contributed by atoms with Gasteiger partial charge in [-0.1, -0.05) is 0 Å². The molecule has 2 aromatic rings. The van der Waals surface area contributed by atoms with E-state index in [1.165, 1.54) is 18.2 Å². The van der Waals surface area contributed by atoms with E-state index >= 15 is 0 Å². The van der Waals surface area contributed by atoms with Crippen molar-refractivity contribution in [2.24, 2.45) is 0 Å². The number of nitrogens with two attached hydrogens (primary N) is 1. The number of fused-ring (bicyclic) bond motifs is 1. The highest BCUT2D eigenvalue weighted by molar-refractivity contribution is 7.86. The third kappa shape index (κ3) is 2.02. The SMILES string of the molecule is Cc1cc(=O)[nH]c2cc(N)c(S(=O)(=O)O)cc12. The second-order valence-electron chi connectivity index (χ2n) is 3.73.